The Bertz CT molecular complexity index is 1050. The quantitative estimate of drug-likeness (QED) is 0.403. The van der Waals surface area contributed by atoms with Gasteiger partial charge in [-0.1, -0.05) is 23.2 Å². The summed E-state index contributed by atoms with van der Waals surface area (Å²) in [7, 11) is 2.91. The van der Waals surface area contributed by atoms with E-state index in [9.17, 15) is 10.1 Å². The van der Waals surface area contributed by atoms with E-state index >= 15 is 0 Å². The highest BCUT2D eigenvalue weighted by molar-refractivity contribution is 6.32. The largest absolute Gasteiger partial charge is 0.495 e. The fourth-order valence-electron chi connectivity index (χ4n) is 2.39. The third-order valence-electron chi connectivity index (χ3n) is 3.71. The van der Waals surface area contributed by atoms with Crippen LogP contribution in [0.1, 0.15) is 0 Å². The van der Waals surface area contributed by atoms with E-state index in [0.29, 0.717) is 28.0 Å². The zero-order chi connectivity index (χ0) is 21.0. The summed E-state index contributed by atoms with van der Waals surface area (Å²) in [5, 5.41) is 18.1. The van der Waals surface area contributed by atoms with Gasteiger partial charge in [0.2, 0.25) is 11.6 Å². The molecule has 0 aliphatic heterocycles. The van der Waals surface area contributed by atoms with Gasteiger partial charge in [0, 0.05) is 12.3 Å². The maximum absolute atomic E-state index is 11.7. The van der Waals surface area contributed by atoms with Crippen LogP contribution in [0.3, 0.4) is 0 Å². The molecule has 3 rings (SSSR count). The van der Waals surface area contributed by atoms with Gasteiger partial charge in [-0.15, -0.1) is 0 Å². The molecule has 0 radical (unpaired) electrons. The molecule has 2 aromatic heterocycles. The van der Waals surface area contributed by atoms with Crippen molar-refractivity contribution in [2.45, 2.75) is 0 Å². The Morgan fingerprint density at radius 3 is 2.28 bits per heavy atom. The standard InChI is InChI=1S/C17H14Cl2N6O4/c1-28-12-6-13(29-2)11(5-10(12)19)23-16-15(25(26)27)17(22-8-21-16)24-14-4-3-9(18)7-20-14/h3-8H,1-2H3,(H2,20,21,22,23,24). The van der Waals surface area contributed by atoms with E-state index in [1.54, 1.807) is 18.2 Å². The topological polar surface area (TPSA) is 124 Å². The number of rotatable bonds is 7. The number of anilines is 4. The van der Waals surface area contributed by atoms with Crippen molar-refractivity contribution in [1.82, 2.24) is 15.0 Å². The number of hydrogen-bond donors (Lipinski definition) is 2. The molecular weight excluding hydrogens is 423 g/mol. The third kappa shape index (κ3) is 4.55. The second kappa shape index (κ2) is 8.76. The Labute approximate surface area is 175 Å². The van der Waals surface area contributed by atoms with Gasteiger partial charge in [-0.05, 0) is 18.2 Å². The second-order valence-electron chi connectivity index (χ2n) is 5.48. The summed E-state index contributed by atoms with van der Waals surface area (Å²) in [6, 6.07) is 6.22. The van der Waals surface area contributed by atoms with Crippen LogP contribution in [-0.4, -0.2) is 34.1 Å². The molecule has 29 heavy (non-hydrogen) atoms. The molecule has 10 nitrogen and oxygen atoms in total. The molecule has 2 N–H and O–H groups in total. The Balaban J connectivity index is 2.01. The van der Waals surface area contributed by atoms with Crippen LogP contribution in [0.15, 0.2) is 36.8 Å². The van der Waals surface area contributed by atoms with Gasteiger partial charge >= 0.3 is 5.69 Å². The normalized spacial score (nSPS) is 10.3. The van der Waals surface area contributed by atoms with Crippen molar-refractivity contribution in [2.75, 3.05) is 24.9 Å². The van der Waals surface area contributed by atoms with Crippen LogP contribution in [0.25, 0.3) is 0 Å². The van der Waals surface area contributed by atoms with Crippen LogP contribution >= 0.6 is 23.2 Å². The lowest BCUT2D eigenvalue weighted by Crippen LogP contribution is -2.06. The van der Waals surface area contributed by atoms with E-state index in [-0.39, 0.29) is 16.7 Å². The number of halogens is 2. The van der Waals surface area contributed by atoms with E-state index < -0.39 is 10.6 Å². The number of nitrogens with zero attached hydrogens (tertiary/aromatic N) is 4. The summed E-state index contributed by atoms with van der Waals surface area (Å²) in [6.45, 7) is 0. The molecule has 0 amide bonds. The minimum absolute atomic E-state index is 0.0547. The zero-order valence-electron chi connectivity index (χ0n) is 15.1. The molecule has 0 unspecified atom stereocenters. The van der Waals surface area contributed by atoms with Gasteiger partial charge in [-0.25, -0.2) is 15.0 Å². The number of aromatic nitrogens is 3. The van der Waals surface area contributed by atoms with Crippen LogP contribution in [-0.2, 0) is 0 Å². The Hall–Kier alpha value is -3.37. The summed E-state index contributed by atoms with van der Waals surface area (Å²) in [5.41, 5.74) is -0.0334. The van der Waals surface area contributed by atoms with Gasteiger partial charge in [0.1, 0.15) is 23.6 Å². The minimum Gasteiger partial charge on any atom is -0.495 e. The zero-order valence-corrected chi connectivity index (χ0v) is 16.7. The highest BCUT2D eigenvalue weighted by Crippen LogP contribution is 2.39. The number of ether oxygens (including phenoxy) is 2. The molecule has 0 saturated carbocycles. The average molecular weight is 437 g/mol. The van der Waals surface area contributed by atoms with Gasteiger partial charge in [-0.3, -0.25) is 10.1 Å². The Morgan fingerprint density at radius 2 is 1.69 bits per heavy atom. The summed E-state index contributed by atoms with van der Waals surface area (Å²) in [5.74, 6) is 0.949. The summed E-state index contributed by atoms with van der Waals surface area (Å²) in [4.78, 5) is 23.1. The third-order valence-corrected chi connectivity index (χ3v) is 4.22. The van der Waals surface area contributed by atoms with E-state index in [2.05, 4.69) is 25.6 Å². The summed E-state index contributed by atoms with van der Waals surface area (Å²) >= 11 is 12.0. The molecule has 1 aromatic carbocycles. The first-order valence-corrected chi connectivity index (χ1v) is 8.75. The minimum atomic E-state index is -0.613. The van der Waals surface area contributed by atoms with E-state index in [1.165, 1.54) is 32.8 Å². The molecule has 0 saturated heterocycles. The van der Waals surface area contributed by atoms with E-state index in [4.69, 9.17) is 32.7 Å². The molecule has 0 bridgehead atoms. The maximum Gasteiger partial charge on any atom is 0.353 e. The van der Waals surface area contributed by atoms with Crippen molar-refractivity contribution in [3.05, 3.63) is 56.9 Å². The predicted molar refractivity (Wildman–Crippen MR) is 109 cm³/mol. The molecule has 0 aliphatic rings. The van der Waals surface area contributed by atoms with Crippen molar-refractivity contribution >= 4 is 52.0 Å². The van der Waals surface area contributed by atoms with Crippen LogP contribution < -0.4 is 20.1 Å². The van der Waals surface area contributed by atoms with Crippen LogP contribution in [0.4, 0.5) is 28.8 Å². The fraction of sp³-hybridized carbons (Fsp3) is 0.118. The molecule has 2 heterocycles. The monoisotopic (exact) mass is 436 g/mol. The lowest BCUT2D eigenvalue weighted by atomic mass is 10.2. The highest BCUT2D eigenvalue weighted by atomic mass is 35.5. The predicted octanol–water partition coefficient (Wildman–Crippen LogP) is 4.59. The second-order valence-corrected chi connectivity index (χ2v) is 6.32. The molecule has 0 atom stereocenters. The molecular formula is C17H14Cl2N6O4. The summed E-state index contributed by atoms with van der Waals surface area (Å²) in [6.07, 6.45) is 2.57. The number of methoxy groups -OCH3 is 2. The van der Waals surface area contributed by atoms with Gasteiger partial charge in [-0.2, -0.15) is 0 Å². The fourth-order valence-corrected chi connectivity index (χ4v) is 2.74. The lowest BCUT2D eigenvalue weighted by molar-refractivity contribution is -0.383. The number of benzene rings is 1. The van der Waals surface area contributed by atoms with E-state index in [1.807, 2.05) is 0 Å². The maximum atomic E-state index is 11.7. The molecule has 150 valence electrons. The lowest BCUT2D eigenvalue weighted by Gasteiger charge is -2.14. The van der Waals surface area contributed by atoms with Gasteiger partial charge in [0.05, 0.1) is 34.9 Å². The summed E-state index contributed by atoms with van der Waals surface area (Å²) < 4.78 is 10.4. The van der Waals surface area contributed by atoms with Crippen molar-refractivity contribution in [3.63, 3.8) is 0 Å². The smallest absolute Gasteiger partial charge is 0.353 e. The van der Waals surface area contributed by atoms with Crippen LogP contribution in [0, 0.1) is 10.1 Å². The molecule has 0 spiro atoms. The first kappa shape index (κ1) is 20.4. The first-order valence-electron chi connectivity index (χ1n) is 7.99. The SMILES string of the molecule is COc1cc(OC)c(Nc2ncnc(Nc3ccc(Cl)cn3)c2[N+](=O)[O-])cc1Cl. The van der Waals surface area contributed by atoms with Gasteiger partial charge in [0.15, 0.2) is 0 Å². The first-order chi connectivity index (χ1) is 13.9. The van der Waals surface area contributed by atoms with Crippen molar-refractivity contribution < 1.29 is 14.4 Å². The van der Waals surface area contributed by atoms with Crippen molar-refractivity contribution in [3.8, 4) is 11.5 Å². The number of hydrogen-bond acceptors (Lipinski definition) is 9. The van der Waals surface area contributed by atoms with Crippen LogP contribution in [0.5, 0.6) is 11.5 Å². The average Bonchev–Trinajstić information content (AvgIpc) is 2.70. The molecule has 3 aromatic rings. The highest BCUT2D eigenvalue weighted by Gasteiger charge is 2.25. The Morgan fingerprint density at radius 1 is 1.00 bits per heavy atom. The van der Waals surface area contributed by atoms with E-state index in [0.717, 1.165) is 0 Å². The van der Waals surface area contributed by atoms with Crippen LogP contribution in [0.2, 0.25) is 10.0 Å². The molecule has 0 aliphatic carbocycles. The Kier molecular flexibility index (Phi) is 6.15. The van der Waals surface area contributed by atoms with Crippen molar-refractivity contribution in [1.29, 1.82) is 0 Å². The molecule has 12 heteroatoms. The number of nitro groups is 1. The van der Waals surface area contributed by atoms with Crippen molar-refractivity contribution in [2.24, 2.45) is 0 Å². The molecule has 0 fully saturated rings. The van der Waals surface area contributed by atoms with Gasteiger partial charge in [0.25, 0.3) is 0 Å². The number of nitrogens with one attached hydrogen (secondary N) is 2. The number of pyridine rings is 1. The van der Waals surface area contributed by atoms with Gasteiger partial charge < -0.3 is 20.1 Å².